The van der Waals surface area contributed by atoms with Crippen molar-refractivity contribution in [3.63, 3.8) is 0 Å². The first-order valence-corrected chi connectivity index (χ1v) is 14.0. The van der Waals surface area contributed by atoms with Crippen LogP contribution in [-0.2, 0) is 0 Å². The van der Waals surface area contributed by atoms with Gasteiger partial charge in [0.25, 0.3) is 0 Å². The Bertz CT molecular complexity index is 1200. The van der Waals surface area contributed by atoms with E-state index in [4.69, 9.17) is 9.47 Å². The van der Waals surface area contributed by atoms with Crippen molar-refractivity contribution in [2.45, 2.75) is 51.6 Å². The first-order chi connectivity index (χ1) is 19.7. The van der Waals surface area contributed by atoms with E-state index in [0.29, 0.717) is 13.2 Å². The van der Waals surface area contributed by atoms with Gasteiger partial charge in [-0.3, -0.25) is 20.0 Å². The maximum Gasteiger partial charge on any atom is 0.137 e. The van der Waals surface area contributed by atoms with E-state index in [9.17, 15) is 0 Å². The van der Waals surface area contributed by atoms with E-state index in [2.05, 4.69) is 58.1 Å². The summed E-state index contributed by atoms with van der Waals surface area (Å²) in [7, 11) is 0. The largest absolute Gasteiger partial charge is 0.492 e. The smallest absolute Gasteiger partial charge is 0.137 e. The lowest BCUT2D eigenvalue weighted by Crippen LogP contribution is -2.01. The van der Waals surface area contributed by atoms with Crippen LogP contribution in [-0.4, -0.2) is 35.6 Å². The molecule has 0 radical (unpaired) electrons. The van der Waals surface area contributed by atoms with E-state index in [-0.39, 0.29) is 12.1 Å². The average Bonchev–Trinajstić information content (AvgIpc) is 3.02. The van der Waals surface area contributed by atoms with Gasteiger partial charge in [-0.15, -0.1) is 0 Å². The minimum Gasteiger partial charge on any atom is -0.492 e. The molecule has 0 saturated carbocycles. The molecule has 2 aromatic carbocycles. The van der Waals surface area contributed by atoms with Gasteiger partial charge in [-0.1, -0.05) is 60.7 Å². The monoisotopic (exact) mass is 534 g/mol. The number of ether oxygens (including phenoxy) is 2. The predicted octanol–water partition coefficient (Wildman–Crippen LogP) is 7.86. The Balaban J connectivity index is 1.05. The molecule has 2 aromatic heterocycles. The minimum atomic E-state index is 0.0980. The SMILES string of the molecule is C[C@@H](N=Cc1ccc(OCCCCCCOc2ccc(C=N[C@H](C)c3ccccc3)nc2)cn1)c1ccccc1. The van der Waals surface area contributed by atoms with Crippen molar-refractivity contribution < 1.29 is 9.47 Å². The van der Waals surface area contributed by atoms with E-state index in [1.807, 2.05) is 73.1 Å². The molecule has 2 atom stereocenters. The highest BCUT2D eigenvalue weighted by Gasteiger charge is 2.03. The molecule has 2 heterocycles. The van der Waals surface area contributed by atoms with Crippen LogP contribution >= 0.6 is 0 Å². The second-order valence-corrected chi connectivity index (χ2v) is 9.68. The summed E-state index contributed by atoms with van der Waals surface area (Å²) in [5, 5.41) is 0. The summed E-state index contributed by atoms with van der Waals surface area (Å²) in [4.78, 5) is 18.1. The van der Waals surface area contributed by atoms with Crippen LogP contribution in [0.4, 0.5) is 0 Å². The number of aromatic nitrogens is 2. The summed E-state index contributed by atoms with van der Waals surface area (Å²) in [6, 6.07) is 28.5. The van der Waals surface area contributed by atoms with Crippen molar-refractivity contribution in [3.8, 4) is 11.5 Å². The summed E-state index contributed by atoms with van der Waals surface area (Å²) < 4.78 is 11.7. The molecule has 40 heavy (non-hydrogen) atoms. The van der Waals surface area contributed by atoms with Gasteiger partial charge >= 0.3 is 0 Å². The Kier molecular flexibility index (Phi) is 11.4. The molecule has 4 aromatic rings. The van der Waals surface area contributed by atoms with E-state index in [1.54, 1.807) is 12.4 Å². The third kappa shape index (κ3) is 9.77. The Morgan fingerprint density at radius 3 is 1.38 bits per heavy atom. The molecule has 0 aliphatic carbocycles. The maximum atomic E-state index is 5.85. The summed E-state index contributed by atoms with van der Waals surface area (Å²) in [5.41, 5.74) is 4.02. The molecule has 0 spiro atoms. The predicted molar refractivity (Wildman–Crippen MR) is 163 cm³/mol. The molecule has 0 aliphatic rings. The van der Waals surface area contributed by atoms with Gasteiger partial charge in [0.2, 0.25) is 0 Å². The van der Waals surface area contributed by atoms with Crippen LogP contribution in [0.15, 0.2) is 107 Å². The fraction of sp³-hybridized carbons (Fsp3) is 0.294. The fourth-order valence-corrected chi connectivity index (χ4v) is 4.06. The molecule has 0 saturated heterocycles. The lowest BCUT2D eigenvalue weighted by molar-refractivity contribution is 0.286. The second-order valence-electron chi connectivity index (χ2n) is 9.68. The zero-order chi connectivity index (χ0) is 27.8. The summed E-state index contributed by atoms with van der Waals surface area (Å²) in [5.74, 6) is 1.57. The van der Waals surface area contributed by atoms with Crippen molar-refractivity contribution in [2.24, 2.45) is 9.98 Å². The molecule has 0 bridgehead atoms. The normalized spacial score (nSPS) is 12.9. The Morgan fingerprint density at radius 2 is 1.00 bits per heavy atom. The molecule has 4 rings (SSSR count). The first kappa shape index (κ1) is 28.7. The number of hydrogen-bond acceptors (Lipinski definition) is 6. The van der Waals surface area contributed by atoms with Gasteiger partial charge in [0.05, 0.1) is 49.1 Å². The Morgan fingerprint density at radius 1 is 0.575 bits per heavy atom. The topological polar surface area (TPSA) is 69.0 Å². The highest BCUT2D eigenvalue weighted by molar-refractivity contribution is 5.77. The average molecular weight is 535 g/mol. The highest BCUT2D eigenvalue weighted by Crippen LogP contribution is 2.17. The van der Waals surface area contributed by atoms with Crippen LogP contribution in [0, 0.1) is 0 Å². The summed E-state index contributed by atoms with van der Waals surface area (Å²) >= 11 is 0. The molecule has 0 fully saturated rings. The third-order valence-electron chi connectivity index (χ3n) is 6.52. The van der Waals surface area contributed by atoms with Gasteiger partial charge in [0.15, 0.2) is 0 Å². The van der Waals surface area contributed by atoms with Gasteiger partial charge in [0, 0.05) is 12.4 Å². The van der Waals surface area contributed by atoms with Crippen LogP contribution in [0.1, 0.15) is 74.1 Å². The number of aliphatic imine (C=N–C) groups is 2. The molecule has 6 nitrogen and oxygen atoms in total. The third-order valence-corrected chi connectivity index (χ3v) is 6.52. The van der Waals surface area contributed by atoms with E-state index in [1.165, 1.54) is 11.1 Å². The number of unbranched alkanes of at least 4 members (excludes halogenated alkanes) is 3. The fourth-order valence-electron chi connectivity index (χ4n) is 4.06. The van der Waals surface area contributed by atoms with Crippen molar-refractivity contribution in [1.29, 1.82) is 0 Å². The highest BCUT2D eigenvalue weighted by atomic mass is 16.5. The number of nitrogens with zero attached hydrogens (tertiary/aromatic N) is 4. The number of rotatable bonds is 15. The van der Waals surface area contributed by atoms with Crippen LogP contribution in [0.3, 0.4) is 0 Å². The van der Waals surface area contributed by atoms with Crippen LogP contribution in [0.5, 0.6) is 11.5 Å². The van der Waals surface area contributed by atoms with Gasteiger partial charge < -0.3 is 9.47 Å². The zero-order valence-corrected chi connectivity index (χ0v) is 23.4. The molecular weight excluding hydrogens is 496 g/mol. The van der Waals surface area contributed by atoms with Crippen molar-refractivity contribution in [2.75, 3.05) is 13.2 Å². The minimum absolute atomic E-state index is 0.0980. The van der Waals surface area contributed by atoms with Crippen molar-refractivity contribution in [3.05, 3.63) is 120 Å². The van der Waals surface area contributed by atoms with Gasteiger partial charge in [-0.05, 0) is 74.9 Å². The number of hydrogen-bond donors (Lipinski definition) is 0. The molecular formula is C34H38N4O2. The molecule has 0 N–H and O–H groups in total. The van der Waals surface area contributed by atoms with Gasteiger partial charge in [-0.2, -0.15) is 0 Å². The van der Waals surface area contributed by atoms with E-state index in [0.717, 1.165) is 48.6 Å². The number of pyridine rings is 2. The van der Waals surface area contributed by atoms with E-state index < -0.39 is 0 Å². The molecule has 0 aliphatic heterocycles. The van der Waals surface area contributed by atoms with Crippen LogP contribution < -0.4 is 9.47 Å². The number of benzene rings is 2. The Labute approximate surface area is 237 Å². The molecule has 6 heteroatoms. The van der Waals surface area contributed by atoms with Gasteiger partial charge in [-0.25, -0.2) is 0 Å². The lowest BCUT2D eigenvalue weighted by Gasteiger charge is -2.08. The maximum absolute atomic E-state index is 5.85. The molecule has 206 valence electrons. The Hall–Kier alpha value is -4.32. The summed E-state index contributed by atoms with van der Waals surface area (Å²) in [6.45, 7) is 5.51. The lowest BCUT2D eigenvalue weighted by atomic mass is 10.1. The molecule has 0 unspecified atom stereocenters. The van der Waals surface area contributed by atoms with E-state index >= 15 is 0 Å². The first-order valence-electron chi connectivity index (χ1n) is 14.0. The summed E-state index contributed by atoms with van der Waals surface area (Å²) in [6.07, 6.45) is 11.3. The van der Waals surface area contributed by atoms with Crippen molar-refractivity contribution in [1.82, 2.24) is 9.97 Å². The standard InChI is InChI=1S/C34H38N4O2/c1-27(29-13-7-5-8-14-29)35-23-31-17-19-33(25-37-31)39-21-11-3-4-12-22-40-34-20-18-32(38-26-34)24-36-28(2)30-15-9-6-10-16-30/h5-10,13-20,23-28H,3-4,11-12,21-22H2,1-2H3/t27-,28-/m1/s1. The second kappa shape index (κ2) is 15.9. The zero-order valence-electron chi connectivity index (χ0n) is 23.4. The quantitative estimate of drug-likeness (QED) is 0.115. The van der Waals surface area contributed by atoms with Crippen LogP contribution in [0.25, 0.3) is 0 Å². The van der Waals surface area contributed by atoms with Gasteiger partial charge in [0.1, 0.15) is 11.5 Å². The van der Waals surface area contributed by atoms with Crippen LogP contribution in [0.2, 0.25) is 0 Å². The molecule has 0 amide bonds. The van der Waals surface area contributed by atoms with Crippen molar-refractivity contribution >= 4 is 12.4 Å².